The first-order valence-corrected chi connectivity index (χ1v) is 13.5. The second kappa shape index (κ2) is 9.65. The summed E-state index contributed by atoms with van der Waals surface area (Å²) in [7, 11) is 0. The van der Waals surface area contributed by atoms with Crippen LogP contribution in [0.5, 0.6) is 0 Å². The van der Waals surface area contributed by atoms with E-state index in [0.29, 0.717) is 26.5 Å². The number of nitrogens with zero attached hydrogens (tertiary/aromatic N) is 2. The van der Waals surface area contributed by atoms with Crippen LogP contribution in [0.4, 0.5) is 5.69 Å². The van der Waals surface area contributed by atoms with Crippen molar-refractivity contribution in [2.75, 3.05) is 5.32 Å². The Labute approximate surface area is 221 Å². The topological polar surface area (TPSA) is 73.1 Å². The van der Waals surface area contributed by atoms with E-state index in [1.807, 2.05) is 54.6 Å². The lowest BCUT2D eigenvalue weighted by atomic mass is 9.97. The molecule has 0 unspecified atom stereocenters. The van der Waals surface area contributed by atoms with Gasteiger partial charge >= 0.3 is 5.69 Å². The molecule has 2 aromatic heterocycles. The maximum Gasteiger partial charge on any atom is 0.332 e. The van der Waals surface area contributed by atoms with Crippen LogP contribution < -0.4 is 16.6 Å². The number of hydrogen-bond donors (Lipinski definition) is 1. The first-order valence-electron chi connectivity index (χ1n) is 12.3. The molecule has 0 aliphatic heterocycles. The van der Waals surface area contributed by atoms with E-state index in [1.165, 1.54) is 20.5 Å². The summed E-state index contributed by atoms with van der Waals surface area (Å²) in [5, 5.41) is 5.96. The molecule has 6 rings (SSSR count). The Morgan fingerprint density at radius 2 is 1.68 bits per heavy atom. The second-order valence-corrected chi connectivity index (χ2v) is 10.8. The molecule has 0 spiro atoms. The van der Waals surface area contributed by atoms with E-state index in [0.717, 1.165) is 46.9 Å². The standard InChI is InChI=1S/C29H24ClN3O3S/c30-22-13-5-2-9-19(22)16-32-27(35)26-21-12-4-6-15-24(21)37-28(26)33(29(32)36)17-25(34)31-23-14-7-10-18-8-1-3-11-20(18)23/h1-3,5,7-11,13-14H,4,6,12,15-17H2,(H,31,34). The number of aromatic nitrogens is 2. The third-order valence-corrected chi connectivity index (χ3v) is 8.65. The van der Waals surface area contributed by atoms with Gasteiger partial charge in [0.05, 0.1) is 11.9 Å². The van der Waals surface area contributed by atoms with E-state index in [2.05, 4.69) is 5.32 Å². The smallest absolute Gasteiger partial charge is 0.324 e. The van der Waals surface area contributed by atoms with Crippen LogP contribution in [0, 0.1) is 0 Å². The van der Waals surface area contributed by atoms with Crippen molar-refractivity contribution in [1.29, 1.82) is 0 Å². The fourth-order valence-corrected chi connectivity index (χ4v) is 6.73. The van der Waals surface area contributed by atoms with Gasteiger partial charge in [-0.25, -0.2) is 4.79 Å². The number of benzene rings is 3. The van der Waals surface area contributed by atoms with Gasteiger partial charge in [0.25, 0.3) is 5.56 Å². The number of hydrogen-bond acceptors (Lipinski definition) is 4. The molecule has 0 radical (unpaired) electrons. The number of fused-ring (bicyclic) bond motifs is 4. The molecule has 0 saturated carbocycles. The Balaban J connectivity index is 1.46. The molecule has 0 atom stereocenters. The largest absolute Gasteiger partial charge is 0.332 e. The average molecular weight is 530 g/mol. The minimum Gasteiger partial charge on any atom is -0.324 e. The number of anilines is 1. The molecule has 0 bridgehead atoms. The van der Waals surface area contributed by atoms with Crippen LogP contribution in [0.3, 0.4) is 0 Å². The van der Waals surface area contributed by atoms with Gasteiger partial charge in [-0.3, -0.25) is 18.7 Å². The monoisotopic (exact) mass is 529 g/mol. The van der Waals surface area contributed by atoms with Gasteiger partial charge in [-0.15, -0.1) is 11.3 Å². The number of carbonyl (C=O) groups excluding carboxylic acids is 1. The summed E-state index contributed by atoms with van der Waals surface area (Å²) >= 11 is 7.83. The van der Waals surface area contributed by atoms with Crippen LogP contribution >= 0.6 is 22.9 Å². The van der Waals surface area contributed by atoms with Gasteiger partial charge < -0.3 is 5.32 Å². The van der Waals surface area contributed by atoms with Crippen molar-refractivity contribution < 1.29 is 4.79 Å². The quantitative estimate of drug-likeness (QED) is 0.322. The van der Waals surface area contributed by atoms with Crippen molar-refractivity contribution in [3.63, 3.8) is 0 Å². The first-order chi connectivity index (χ1) is 18.0. The number of thiophene rings is 1. The van der Waals surface area contributed by atoms with Gasteiger partial charge in [-0.05, 0) is 54.3 Å². The van der Waals surface area contributed by atoms with E-state index in [4.69, 9.17) is 11.6 Å². The minimum atomic E-state index is -0.510. The molecule has 0 fully saturated rings. The Morgan fingerprint density at radius 3 is 2.54 bits per heavy atom. The zero-order valence-corrected chi connectivity index (χ0v) is 21.6. The molecule has 1 N–H and O–H groups in total. The van der Waals surface area contributed by atoms with Crippen LogP contribution in [0.2, 0.25) is 5.02 Å². The number of nitrogens with one attached hydrogen (secondary N) is 1. The molecule has 0 saturated heterocycles. The summed E-state index contributed by atoms with van der Waals surface area (Å²) in [6, 6.07) is 20.7. The van der Waals surface area contributed by atoms with Gasteiger partial charge in [0.15, 0.2) is 0 Å². The Kier molecular flexibility index (Phi) is 6.18. The first kappa shape index (κ1) is 23.7. The summed E-state index contributed by atoms with van der Waals surface area (Å²) in [6.07, 6.45) is 3.75. The van der Waals surface area contributed by atoms with Crippen LogP contribution in [0.25, 0.3) is 21.0 Å². The molecule has 1 aliphatic carbocycles. The molecule has 3 aromatic carbocycles. The molecular weight excluding hydrogens is 506 g/mol. The Bertz CT molecular complexity index is 1800. The zero-order valence-electron chi connectivity index (χ0n) is 20.0. The minimum absolute atomic E-state index is 0.0445. The molecule has 8 heteroatoms. The predicted octanol–water partition coefficient (Wildman–Crippen LogP) is 5.60. The number of carbonyl (C=O) groups is 1. The van der Waals surface area contributed by atoms with Crippen molar-refractivity contribution in [1.82, 2.24) is 9.13 Å². The van der Waals surface area contributed by atoms with Crippen molar-refractivity contribution >= 4 is 55.5 Å². The van der Waals surface area contributed by atoms with Crippen molar-refractivity contribution in [2.45, 2.75) is 38.8 Å². The lowest BCUT2D eigenvalue weighted by Gasteiger charge is -2.14. The van der Waals surface area contributed by atoms with Crippen molar-refractivity contribution in [3.05, 3.63) is 109 Å². The zero-order chi connectivity index (χ0) is 25.5. The van der Waals surface area contributed by atoms with Gasteiger partial charge in [0, 0.05) is 21.0 Å². The van der Waals surface area contributed by atoms with Crippen molar-refractivity contribution in [2.24, 2.45) is 0 Å². The highest BCUT2D eigenvalue weighted by Gasteiger charge is 2.25. The fraction of sp³-hybridized carbons (Fsp3) is 0.207. The maximum atomic E-state index is 13.7. The predicted molar refractivity (Wildman–Crippen MR) is 150 cm³/mol. The molecule has 2 heterocycles. The molecular formula is C29H24ClN3O3S. The number of aryl methyl sites for hydroxylation is 2. The average Bonchev–Trinajstić information content (AvgIpc) is 3.30. The molecule has 37 heavy (non-hydrogen) atoms. The highest BCUT2D eigenvalue weighted by molar-refractivity contribution is 7.18. The summed E-state index contributed by atoms with van der Waals surface area (Å²) in [6.45, 7) is -0.149. The number of amides is 1. The molecule has 5 aromatic rings. The summed E-state index contributed by atoms with van der Waals surface area (Å²) in [5.41, 5.74) is 1.56. The summed E-state index contributed by atoms with van der Waals surface area (Å²) in [4.78, 5) is 42.4. The van der Waals surface area contributed by atoms with E-state index in [9.17, 15) is 14.4 Å². The van der Waals surface area contributed by atoms with Crippen molar-refractivity contribution in [3.8, 4) is 0 Å². The molecule has 1 amide bonds. The number of rotatable bonds is 5. The SMILES string of the molecule is O=C(Cn1c(=O)n(Cc2ccccc2Cl)c(=O)c2c3c(sc21)CCCC3)Nc1cccc2ccccc12. The van der Waals surface area contributed by atoms with Crippen LogP contribution in [0.15, 0.2) is 76.3 Å². The van der Waals surface area contributed by atoms with Gasteiger partial charge in [0.1, 0.15) is 11.4 Å². The Hall–Kier alpha value is -3.68. The number of halogens is 1. The van der Waals surface area contributed by atoms with E-state index >= 15 is 0 Å². The maximum absolute atomic E-state index is 13.7. The Morgan fingerprint density at radius 1 is 0.919 bits per heavy atom. The lowest BCUT2D eigenvalue weighted by Crippen LogP contribution is -2.41. The molecule has 186 valence electrons. The lowest BCUT2D eigenvalue weighted by molar-refractivity contribution is -0.116. The second-order valence-electron chi connectivity index (χ2n) is 9.32. The van der Waals surface area contributed by atoms with Crippen LogP contribution in [-0.4, -0.2) is 15.0 Å². The molecule has 1 aliphatic rings. The van der Waals surface area contributed by atoms with Crippen LogP contribution in [-0.2, 0) is 30.7 Å². The summed E-state index contributed by atoms with van der Waals surface area (Å²) < 4.78 is 2.67. The molecule has 6 nitrogen and oxygen atoms in total. The van der Waals surface area contributed by atoms with E-state index < -0.39 is 5.69 Å². The summed E-state index contributed by atoms with van der Waals surface area (Å²) in [5.74, 6) is -0.325. The normalized spacial score (nSPS) is 13.1. The third kappa shape index (κ3) is 4.28. The van der Waals surface area contributed by atoms with Crippen LogP contribution in [0.1, 0.15) is 28.8 Å². The van der Waals surface area contributed by atoms with E-state index in [1.54, 1.807) is 12.1 Å². The van der Waals surface area contributed by atoms with Gasteiger partial charge in [0.2, 0.25) is 5.91 Å². The fourth-order valence-electron chi connectivity index (χ4n) is 5.16. The third-order valence-electron chi connectivity index (χ3n) is 6.97. The van der Waals surface area contributed by atoms with Gasteiger partial charge in [-0.2, -0.15) is 0 Å². The van der Waals surface area contributed by atoms with Gasteiger partial charge in [-0.1, -0.05) is 66.2 Å². The highest BCUT2D eigenvalue weighted by atomic mass is 35.5. The van der Waals surface area contributed by atoms with E-state index in [-0.39, 0.29) is 24.6 Å². The highest BCUT2D eigenvalue weighted by Crippen LogP contribution is 2.34.